The number of rotatable bonds is 4. The molecule has 0 bridgehead atoms. The molecule has 1 aromatic heterocycles. The fourth-order valence-corrected chi connectivity index (χ4v) is 1.86. The van der Waals surface area contributed by atoms with E-state index in [0.717, 1.165) is 0 Å². The molecule has 6 heteroatoms. The van der Waals surface area contributed by atoms with Gasteiger partial charge in [-0.1, -0.05) is 6.07 Å². The Bertz CT molecular complexity index is 709. The van der Waals surface area contributed by atoms with Crippen LogP contribution in [0.4, 0.5) is 10.1 Å². The molecule has 0 aliphatic rings. The Morgan fingerprint density at radius 3 is 2.64 bits per heavy atom. The summed E-state index contributed by atoms with van der Waals surface area (Å²) in [6.45, 7) is 3.09. The number of carbonyl (C=O) groups is 2. The van der Waals surface area contributed by atoms with Crippen molar-refractivity contribution in [2.45, 2.75) is 20.0 Å². The number of benzene rings is 1. The van der Waals surface area contributed by atoms with Gasteiger partial charge >= 0.3 is 5.97 Å². The Morgan fingerprint density at radius 2 is 2.05 bits per heavy atom. The second kappa shape index (κ2) is 6.43. The van der Waals surface area contributed by atoms with Crippen LogP contribution in [0.2, 0.25) is 0 Å². The van der Waals surface area contributed by atoms with Crippen LogP contribution >= 0.6 is 0 Å². The summed E-state index contributed by atoms with van der Waals surface area (Å²) in [7, 11) is 1.70. The molecule has 1 aromatic carbocycles. The number of halogens is 1. The smallest absolute Gasteiger partial charge is 0.355 e. The number of anilines is 1. The second-order valence-electron chi connectivity index (χ2n) is 5.01. The molecule has 1 heterocycles. The van der Waals surface area contributed by atoms with Crippen molar-refractivity contribution >= 4 is 17.6 Å². The molecule has 1 N–H and O–H groups in total. The first-order valence-corrected chi connectivity index (χ1v) is 6.78. The zero-order chi connectivity index (χ0) is 16.3. The molecule has 0 saturated carbocycles. The molecule has 116 valence electrons. The van der Waals surface area contributed by atoms with Crippen LogP contribution in [0.3, 0.4) is 0 Å². The number of amides is 1. The van der Waals surface area contributed by atoms with Crippen LogP contribution in [-0.4, -0.2) is 22.5 Å². The molecule has 1 atom stereocenters. The number of ether oxygens (including phenoxy) is 1. The molecule has 0 aliphatic carbocycles. The molecule has 0 fully saturated rings. The molecule has 0 aliphatic heterocycles. The van der Waals surface area contributed by atoms with Crippen molar-refractivity contribution in [3.63, 3.8) is 0 Å². The number of nitrogens with zero attached hydrogens (tertiary/aromatic N) is 1. The first kappa shape index (κ1) is 15.8. The average molecular weight is 304 g/mol. The molecular weight excluding hydrogens is 287 g/mol. The van der Waals surface area contributed by atoms with Crippen LogP contribution < -0.4 is 5.32 Å². The predicted molar refractivity (Wildman–Crippen MR) is 80.1 cm³/mol. The van der Waals surface area contributed by atoms with Gasteiger partial charge < -0.3 is 14.6 Å². The first-order valence-electron chi connectivity index (χ1n) is 6.78. The molecule has 2 aromatic rings. The summed E-state index contributed by atoms with van der Waals surface area (Å²) >= 11 is 0. The van der Waals surface area contributed by atoms with E-state index in [1.165, 1.54) is 13.0 Å². The van der Waals surface area contributed by atoms with Crippen molar-refractivity contribution < 1.29 is 18.7 Å². The van der Waals surface area contributed by atoms with Gasteiger partial charge in [0.2, 0.25) is 0 Å². The van der Waals surface area contributed by atoms with E-state index >= 15 is 0 Å². The van der Waals surface area contributed by atoms with Crippen LogP contribution in [0.5, 0.6) is 0 Å². The maximum absolute atomic E-state index is 13.4. The first-order chi connectivity index (χ1) is 10.4. The number of carbonyl (C=O) groups excluding carboxylic acids is 2. The summed E-state index contributed by atoms with van der Waals surface area (Å²) in [6.07, 6.45) is 0.711. The Kier molecular flexibility index (Phi) is 4.60. The second-order valence-corrected chi connectivity index (χ2v) is 5.01. The number of hydrogen-bond acceptors (Lipinski definition) is 3. The standard InChI is InChI=1S/C16H17FN2O3/c1-10-6-7-12(9-13(10)17)18-15(20)11(2)22-16(21)14-5-4-8-19(14)3/h4-9,11H,1-3H3,(H,18,20)/t11-/m0/s1. The molecule has 0 saturated heterocycles. The van der Waals surface area contributed by atoms with Crippen LogP contribution in [0.1, 0.15) is 23.0 Å². The molecule has 0 radical (unpaired) electrons. The van der Waals surface area contributed by atoms with Crippen LogP contribution in [0.15, 0.2) is 36.5 Å². The lowest BCUT2D eigenvalue weighted by atomic mass is 10.2. The average Bonchev–Trinajstić information content (AvgIpc) is 2.89. The summed E-state index contributed by atoms with van der Waals surface area (Å²) in [5.74, 6) is -1.53. The summed E-state index contributed by atoms with van der Waals surface area (Å²) in [5, 5.41) is 2.51. The van der Waals surface area contributed by atoms with Gasteiger partial charge in [0, 0.05) is 18.9 Å². The number of hydrogen-bond donors (Lipinski definition) is 1. The molecule has 1 amide bonds. The van der Waals surface area contributed by atoms with Crippen molar-refractivity contribution in [2.75, 3.05) is 5.32 Å². The fourth-order valence-electron chi connectivity index (χ4n) is 1.86. The van der Waals surface area contributed by atoms with Gasteiger partial charge in [-0.3, -0.25) is 4.79 Å². The molecule has 2 rings (SSSR count). The summed E-state index contributed by atoms with van der Waals surface area (Å²) < 4.78 is 20.1. The van der Waals surface area contributed by atoms with Crippen LogP contribution in [0.25, 0.3) is 0 Å². The highest BCUT2D eigenvalue weighted by Gasteiger charge is 2.20. The van der Waals surface area contributed by atoms with E-state index < -0.39 is 23.8 Å². The minimum absolute atomic E-state index is 0.315. The number of aromatic nitrogens is 1. The summed E-state index contributed by atoms with van der Waals surface area (Å²) in [6, 6.07) is 7.67. The van der Waals surface area contributed by atoms with Crippen molar-refractivity contribution in [3.05, 3.63) is 53.6 Å². The zero-order valence-electron chi connectivity index (χ0n) is 12.6. The minimum atomic E-state index is -0.994. The van der Waals surface area contributed by atoms with E-state index in [2.05, 4.69) is 5.32 Å². The van der Waals surface area contributed by atoms with E-state index in [0.29, 0.717) is 16.9 Å². The van der Waals surface area contributed by atoms with Gasteiger partial charge in [-0.25, -0.2) is 9.18 Å². The predicted octanol–water partition coefficient (Wildman–Crippen LogP) is 2.66. The number of esters is 1. The topological polar surface area (TPSA) is 60.3 Å². The van der Waals surface area contributed by atoms with Crippen LogP contribution in [-0.2, 0) is 16.6 Å². The third-order valence-corrected chi connectivity index (χ3v) is 3.25. The van der Waals surface area contributed by atoms with Gasteiger partial charge in [0.05, 0.1) is 0 Å². The van der Waals surface area contributed by atoms with E-state index in [1.54, 1.807) is 49.0 Å². The fraction of sp³-hybridized carbons (Fsp3) is 0.250. The van der Waals surface area contributed by atoms with Crippen molar-refractivity contribution in [1.29, 1.82) is 0 Å². The maximum Gasteiger partial charge on any atom is 0.355 e. The van der Waals surface area contributed by atoms with E-state index in [9.17, 15) is 14.0 Å². The molecular formula is C16H17FN2O3. The summed E-state index contributed by atoms with van der Waals surface area (Å²) in [4.78, 5) is 23.9. The number of nitrogens with one attached hydrogen (secondary N) is 1. The van der Waals surface area contributed by atoms with Gasteiger partial charge in [-0.2, -0.15) is 0 Å². The van der Waals surface area contributed by atoms with Crippen molar-refractivity contribution in [1.82, 2.24) is 4.57 Å². The highest BCUT2D eigenvalue weighted by Crippen LogP contribution is 2.14. The summed E-state index contributed by atoms with van der Waals surface area (Å²) in [5.41, 5.74) is 1.15. The lowest BCUT2D eigenvalue weighted by Crippen LogP contribution is -2.30. The van der Waals surface area contributed by atoms with Crippen LogP contribution in [0, 0.1) is 12.7 Å². The van der Waals surface area contributed by atoms with Gasteiger partial charge in [0.1, 0.15) is 11.5 Å². The molecule has 22 heavy (non-hydrogen) atoms. The number of aryl methyl sites for hydroxylation is 2. The van der Waals surface area contributed by atoms with Gasteiger partial charge in [-0.15, -0.1) is 0 Å². The van der Waals surface area contributed by atoms with Crippen molar-refractivity contribution in [3.8, 4) is 0 Å². The third-order valence-electron chi connectivity index (χ3n) is 3.25. The quantitative estimate of drug-likeness (QED) is 0.883. The van der Waals surface area contributed by atoms with E-state index in [1.807, 2.05) is 0 Å². The SMILES string of the molecule is Cc1ccc(NC(=O)[C@H](C)OC(=O)c2cccn2C)cc1F. The Morgan fingerprint density at radius 1 is 1.32 bits per heavy atom. The highest BCUT2D eigenvalue weighted by atomic mass is 19.1. The molecule has 0 spiro atoms. The Hall–Kier alpha value is -2.63. The van der Waals surface area contributed by atoms with Gasteiger partial charge in [-0.05, 0) is 43.7 Å². The Labute approximate surface area is 127 Å². The maximum atomic E-state index is 13.4. The highest BCUT2D eigenvalue weighted by molar-refractivity contribution is 5.96. The minimum Gasteiger partial charge on any atom is -0.448 e. The monoisotopic (exact) mass is 304 g/mol. The van der Waals surface area contributed by atoms with Gasteiger partial charge in [0.25, 0.3) is 5.91 Å². The normalized spacial score (nSPS) is 11.8. The largest absolute Gasteiger partial charge is 0.448 e. The third kappa shape index (κ3) is 3.52. The van der Waals surface area contributed by atoms with E-state index in [-0.39, 0.29) is 0 Å². The molecule has 0 unspecified atom stereocenters. The molecule has 5 nitrogen and oxygen atoms in total. The van der Waals surface area contributed by atoms with E-state index in [4.69, 9.17) is 4.74 Å². The lowest BCUT2D eigenvalue weighted by molar-refractivity contribution is -0.123. The lowest BCUT2D eigenvalue weighted by Gasteiger charge is -2.14. The van der Waals surface area contributed by atoms with Gasteiger partial charge in [0.15, 0.2) is 6.10 Å². The Balaban J connectivity index is 1.98. The van der Waals surface area contributed by atoms with Crippen molar-refractivity contribution in [2.24, 2.45) is 7.05 Å². The zero-order valence-corrected chi connectivity index (χ0v) is 12.6.